The molecule has 3 rings (SSSR count). The van der Waals surface area contributed by atoms with E-state index in [1.807, 2.05) is 6.92 Å². The average Bonchev–Trinajstić information content (AvgIpc) is 3.30. The van der Waals surface area contributed by atoms with Crippen molar-refractivity contribution in [1.82, 2.24) is 5.32 Å². The van der Waals surface area contributed by atoms with Crippen LogP contribution in [0.1, 0.15) is 46.2 Å². The summed E-state index contributed by atoms with van der Waals surface area (Å²) >= 11 is 12.3. The highest BCUT2D eigenvalue weighted by atomic mass is 35.5. The Bertz CT molecular complexity index is 1110. The zero-order chi connectivity index (χ0) is 23.1. The molecule has 0 aliphatic rings. The van der Waals surface area contributed by atoms with Gasteiger partial charge in [0.2, 0.25) is 5.91 Å². The molecule has 3 N–H and O–H groups in total. The van der Waals surface area contributed by atoms with E-state index in [-0.39, 0.29) is 45.4 Å². The maximum atomic E-state index is 12.8. The molecule has 7 nitrogen and oxygen atoms in total. The summed E-state index contributed by atoms with van der Waals surface area (Å²) in [6, 6.07) is 13.1. The molecule has 0 spiro atoms. The Hall–Kier alpha value is -3.29. The van der Waals surface area contributed by atoms with Crippen LogP contribution >= 0.6 is 23.2 Å². The van der Waals surface area contributed by atoms with E-state index >= 15 is 0 Å². The van der Waals surface area contributed by atoms with E-state index in [1.165, 1.54) is 18.4 Å². The molecule has 0 saturated carbocycles. The Morgan fingerprint density at radius 3 is 2.38 bits per heavy atom. The van der Waals surface area contributed by atoms with E-state index in [1.54, 1.807) is 36.4 Å². The van der Waals surface area contributed by atoms with Crippen molar-refractivity contribution in [1.29, 1.82) is 0 Å². The van der Waals surface area contributed by atoms with Gasteiger partial charge in [0.15, 0.2) is 5.76 Å². The van der Waals surface area contributed by atoms with Gasteiger partial charge in [-0.3, -0.25) is 14.4 Å². The summed E-state index contributed by atoms with van der Waals surface area (Å²) in [7, 11) is 0. The van der Waals surface area contributed by atoms with E-state index in [2.05, 4.69) is 16.0 Å². The number of carbonyl (C=O) groups excluding carboxylic acids is 3. The zero-order valence-corrected chi connectivity index (χ0v) is 18.7. The van der Waals surface area contributed by atoms with Crippen LogP contribution in [0.4, 0.5) is 11.4 Å². The van der Waals surface area contributed by atoms with E-state index in [0.717, 1.165) is 5.56 Å². The van der Waals surface area contributed by atoms with E-state index in [4.69, 9.17) is 27.6 Å². The molecule has 0 fully saturated rings. The number of halogens is 2. The SMILES string of the molecule is CCCC(=O)Nc1c(Cl)cc(Cl)cc1C(=O)NCc1ccc(NC(=O)c2ccco2)cc1. The van der Waals surface area contributed by atoms with Gasteiger partial charge in [-0.15, -0.1) is 0 Å². The van der Waals surface area contributed by atoms with Crippen LogP contribution in [-0.2, 0) is 11.3 Å². The molecule has 3 aromatic rings. The Labute approximate surface area is 195 Å². The number of rotatable bonds is 8. The first-order valence-corrected chi connectivity index (χ1v) is 10.6. The molecular formula is C23H21Cl2N3O4. The molecule has 0 unspecified atom stereocenters. The fourth-order valence-corrected chi connectivity index (χ4v) is 3.43. The Morgan fingerprint density at radius 1 is 0.969 bits per heavy atom. The lowest BCUT2D eigenvalue weighted by Crippen LogP contribution is -2.25. The summed E-state index contributed by atoms with van der Waals surface area (Å²) in [5.41, 5.74) is 1.79. The molecule has 0 bridgehead atoms. The molecule has 166 valence electrons. The van der Waals surface area contributed by atoms with Gasteiger partial charge in [0.1, 0.15) is 0 Å². The number of benzene rings is 2. The second-order valence-electron chi connectivity index (χ2n) is 6.92. The molecule has 0 atom stereocenters. The molecule has 9 heteroatoms. The summed E-state index contributed by atoms with van der Waals surface area (Å²) in [5, 5.41) is 8.66. The number of nitrogens with one attached hydrogen (secondary N) is 3. The largest absolute Gasteiger partial charge is 0.459 e. The summed E-state index contributed by atoms with van der Waals surface area (Å²) < 4.78 is 5.06. The van der Waals surface area contributed by atoms with Crippen LogP contribution in [0.2, 0.25) is 10.0 Å². The molecule has 32 heavy (non-hydrogen) atoms. The number of hydrogen-bond acceptors (Lipinski definition) is 4. The molecule has 1 heterocycles. The van der Waals surface area contributed by atoms with Crippen molar-refractivity contribution in [3.63, 3.8) is 0 Å². The van der Waals surface area contributed by atoms with Gasteiger partial charge in [0, 0.05) is 23.7 Å². The number of amides is 3. The van der Waals surface area contributed by atoms with E-state index in [9.17, 15) is 14.4 Å². The summed E-state index contributed by atoms with van der Waals surface area (Å²) in [6.07, 6.45) is 2.40. The number of furan rings is 1. The van der Waals surface area contributed by atoms with E-state index < -0.39 is 5.91 Å². The molecule has 0 aliphatic heterocycles. The lowest BCUT2D eigenvalue weighted by atomic mass is 10.1. The minimum absolute atomic E-state index is 0.175. The van der Waals surface area contributed by atoms with Crippen molar-refractivity contribution >= 4 is 52.3 Å². The van der Waals surface area contributed by atoms with Gasteiger partial charge in [-0.2, -0.15) is 0 Å². The van der Waals surface area contributed by atoms with Crippen LogP contribution in [0.5, 0.6) is 0 Å². The van der Waals surface area contributed by atoms with Crippen LogP contribution in [0.25, 0.3) is 0 Å². The second-order valence-corrected chi connectivity index (χ2v) is 7.76. The van der Waals surface area contributed by atoms with Crippen LogP contribution in [0.3, 0.4) is 0 Å². The summed E-state index contributed by atoms with van der Waals surface area (Å²) in [6.45, 7) is 2.10. The van der Waals surface area contributed by atoms with Crippen molar-refractivity contribution in [2.24, 2.45) is 0 Å². The van der Waals surface area contributed by atoms with Gasteiger partial charge < -0.3 is 20.4 Å². The van der Waals surface area contributed by atoms with Gasteiger partial charge in [-0.1, -0.05) is 42.3 Å². The standard InChI is InChI=1S/C23H21Cl2N3O4/c1-2-4-20(29)28-21-17(11-15(24)12-18(21)25)22(30)26-13-14-6-8-16(9-7-14)27-23(31)19-5-3-10-32-19/h3,5-12H,2,4,13H2,1H3,(H,26,30)(H,27,31)(H,28,29). The Kier molecular flexibility index (Phi) is 7.92. The number of anilines is 2. The minimum Gasteiger partial charge on any atom is -0.459 e. The van der Waals surface area contributed by atoms with Crippen LogP contribution in [0.15, 0.2) is 59.2 Å². The first-order chi connectivity index (χ1) is 15.4. The summed E-state index contributed by atoms with van der Waals surface area (Å²) in [5.74, 6) is -0.816. The predicted molar refractivity (Wildman–Crippen MR) is 124 cm³/mol. The maximum Gasteiger partial charge on any atom is 0.291 e. The van der Waals surface area contributed by atoms with Crippen LogP contribution < -0.4 is 16.0 Å². The van der Waals surface area contributed by atoms with Gasteiger partial charge in [0.25, 0.3) is 11.8 Å². The molecule has 0 saturated heterocycles. The lowest BCUT2D eigenvalue weighted by molar-refractivity contribution is -0.116. The molecule has 2 aromatic carbocycles. The highest BCUT2D eigenvalue weighted by Crippen LogP contribution is 2.30. The van der Waals surface area contributed by atoms with Crippen molar-refractivity contribution in [3.05, 3.63) is 81.7 Å². The fraction of sp³-hybridized carbons (Fsp3) is 0.174. The third-order valence-corrected chi connectivity index (χ3v) is 4.97. The van der Waals surface area contributed by atoms with Crippen LogP contribution in [-0.4, -0.2) is 17.7 Å². The number of carbonyl (C=O) groups is 3. The van der Waals surface area contributed by atoms with Crippen molar-refractivity contribution in [2.75, 3.05) is 10.6 Å². The van der Waals surface area contributed by atoms with Crippen molar-refractivity contribution < 1.29 is 18.8 Å². The minimum atomic E-state index is -0.434. The lowest BCUT2D eigenvalue weighted by Gasteiger charge is -2.14. The number of hydrogen-bond donors (Lipinski definition) is 3. The first kappa shape index (κ1) is 23.4. The molecule has 1 aromatic heterocycles. The predicted octanol–water partition coefficient (Wildman–Crippen LogP) is 5.51. The fourth-order valence-electron chi connectivity index (χ4n) is 2.89. The van der Waals surface area contributed by atoms with Gasteiger partial charge in [0.05, 0.1) is 22.5 Å². The third kappa shape index (κ3) is 6.12. The highest BCUT2D eigenvalue weighted by molar-refractivity contribution is 6.38. The highest BCUT2D eigenvalue weighted by Gasteiger charge is 2.18. The third-order valence-electron chi connectivity index (χ3n) is 4.45. The normalized spacial score (nSPS) is 10.5. The van der Waals surface area contributed by atoms with Gasteiger partial charge in [-0.05, 0) is 48.4 Å². The quantitative estimate of drug-likeness (QED) is 0.401. The van der Waals surface area contributed by atoms with Crippen molar-refractivity contribution in [2.45, 2.75) is 26.3 Å². The maximum absolute atomic E-state index is 12.8. The zero-order valence-electron chi connectivity index (χ0n) is 17.2. The van der Waals surface area contributed by atoms with Crippen LogP contribution in [0, 0.1) is 0 Å². The second kappa shape index (κ2) is 10.8. The van der Waals surface area contributed by atoms with Gasteiger partial charge in [-0.25, -0.2) is 0 Å². The molecule has 0 radical (unpaired) electrons. The molecule has 3 amide bonds. The monoisotopic (exact) mass is 473 g/mol. The van der Waals surface area contributed by atoms with E-state index in [0.29, 0.717) is 18.5 Å². The van der Waals surface area contributed by atoms with Crippen molar-refractivity contribution in [3.8, 4) is 0 Å². The summed E-state index contributed by atoms with van der Waals surface area (Å²) in [4.78, 5) is 36.8. The average molecular weight is 474 g/mol. The first-order valence-electron chi connectivity index (χ1n) is 9.88. The van der Waals surface area contributed by atoms with Gasteiger partial charge >= 0.3 is 0 Å². The molecular weight excluding hydrogens is 453 g/mol. The Balaban J connectivity index is 1.65. The smallest absolute Gasteiger partial charge is 0.291 e. The molecule has 0 aliphatic carbocycles. The topological polar surface area (TPSA) is 100 Å². The Morgan fingerprint density at radius 2 is 1.72 bits per heavy atom.